The molecule has 0 aliphatic rings. The lowest BCUT2D eigenvalue weighted by Gasteiger charge is -1.99. The number of rotatable bonds is 4. The Bertz CT molecular complexity index is 788. The number of para-hydroxylation sites is 1. The van der Waals surface area contributed by atoms with Crippen molar-refractivity contribution in [2.24, 2.45) is 5.73 Å². The van der Waals surface area contributed by atoms with E-state index in [1.165, 1.54) is 13.1 Å². The molecular weight excluding hydrogens is 352 g/mol. The molecule has 0 aliphatic carbocycles. The SMILES string of the molecule is CN.CNC(=S)CCCS(=O)(=O)O.O=c1ccc2ccccc2o1. The monoisotopic (exact) mass is 374 g/mol. The fourth-order valence-corrected chi connectivity index (χ4v) is 2.20. The van der Waals surface area contributed by atoms with Gasteiger partial charge >= 0.3 is 5.63 Å². The van der Waals surface area contributed by atoms with Crippen molar-refractivity contribution in [1.29, 1.82) is 0 Å². The van der Waals surface area contributed by atoms with Crippen molar-refractivity contribution in [2.45, 2.75) is 12.8 Å². The number of fused-ring (bicyclic) bond motifs is 1. The van der Waals surface area contributed by atoms with Crippen molar-refractivity contribution >= 4 is 38.3 Å². The first kappa shape index (κ1) is 22.2. The van der Waals surface area contributed by atoms with Gasteiger partial charge in [-0.2, -0.15) is 8.42 Å². The van der Waals surface area contributed by atoms with E-state index in [2.05, 4.69) is 11.1 Å². The van der Waals surface area contributed by atoms with Crippen molar-refractivity contribution < 1.29 is 17.4 Å². The van der Waals surface area contributed by atoms with Crippen LogP contribution >= 0.6 is 12.2 Å². The van der Waals surface area contributed by atoms with Gasteiger partial charge in [0.15, 0.2) is 0 Å². The number of thiocarbonyl (C=S) groups is 1. The predicted molar refractivity (Wildman–Crippen MR) is 99.9 cm³/mol. The molecule has 1 heterocycles. The zero-order valence-corrected chi connectivity index (χ0v) is 15.2. The van der Waals surface area contributed by atoms with Crippen molar-refractivity contribution in [1.82, 2.24) is 5.32 Å². The van der Waals surface area contributed by atoms with Crippen molar-refractivity contribution in [3.8, 4) is 0 Å². The summed E-state index contributed by atoms with van der Waals surface area (Å²) in [7, 11) is -0.639. The Morgan fingerprint density at radius 3 is 2.46 bits per heavy atom. The summed E-state index contributed by atoms with van der Waals surface area (Å²) in [6.45, 7) is 0. The molecule has 0 atom stereocenters. The van der Waals surface area contributed by atoms with E-state index in [0.29, 0.717) is 23.4 Å². The van der Waals surface area contributed by atoms with Crippen LogP contribution in [0.4, 0.5) is 0 Å². The first-order valence-electron chi connectivity index (χ1n) is 7.04. The lowest BCUT2D eigenvalue weighted by atomic mass is 10.2. The quantitative estimate of drug-likeness (QED) is 0.419. The van der Waals surface area contributed by atoms with Crippen LogP contribution in [0.2, 0.25) is 0 Å². The van der Waals surface area contributed by atoms with Gasteiger partial charge in [-0.3, -0.25) is 4.55 Å². The maximum atomic E-state index is 10.7. The summed E-state index contributed by atoms with van der Waals surface area (Å²) in [6.07, 6.45) is 0.851. The summed E-state index contributed by atoms with van der Waals surface area (Å²) in [5.74, 6) is -0.227. The Morgan fingerprint density at radius 1 is 1.25 bits per heavy atom. The minimum Gasteiger partial charge on any atom is -0.423 e. The molecule has 2 rings (SSSR count). The number of hydrogen-bond donors (Lipinski definition) is 3. The molecule has 0 fully saturated rings. The van der Waals surface area contributed by atoms with Crippen LogP contribution in [0.3, 0.4) is 0 Å². The van der Waals surface area contributed by atoms with Crippen LogP contribution in [0.5, 0.6) is 0 Å². The lowest BCUT2D eigenvalue weighted by molar-refractivity contribution is 0.481. The number of hydrogen-bond acceptors (Lipinski definition) is 6. The van der Waals surface area contributed by atoms with Crippen molar-refractivity contribution in [3.63, 3.8) is 0 Å². The Labute approximate surface area is 146 Å². The summed E-state index contributed by atoms with van der Waals surface area (Å²) < 4.78 is 33.6. The summed E-state index contributed by atoms with van der Waals surface area (Å²) in [4.78, 5) is 11.3. The molecule has 0 bridgehead atoms. The normalized spacial score (nSPS) is 10.0. The molecule has 2 aromatic rings. The molecule has 0 unspecified atom stereocenters. The molecule has 1 aromatic heterocycles. The molecule has 0 amide bonds. The zero-order valence-electron chi connectivity index (χ0n) is 13.6. The van der Waals surface area contributed by atoms with E-state index in [4.69, 9.17) is 21.2 Å². The summed E-state index contributed by atoms with van der Waals surface area (Å²) in [5, 5.41) is 3.66. The van der Waals surface area contributed by atoms with Crippen LogP contribution in [0.25, 0.3) is 11.0 Å². The van der Waals surface area contributed by atoms with Crippen LogP contribution in [-0.2, 0) is 10.1 Å². The van der Waals surface area contributed by atoms with Gasteiger partial charge < -0.3 is 15.5 Å². The molecule has 134 valence electrons. The molecule has 7 nitrogen and oxygen atoms in total. The van der Waals surface area contributed by atoms with Crippen molar-refractivity contribution in [2.75, 3.05) is 19.8 Å². The van der Waals surface area contributed by atoms with E-state index in [0.717, 1.165) is 5.39 Å². The number of nitrogens with two attached hydrogens (primary N) is 1. The smallest absolute Gasteiger partial charge is 0.336 e. The standard InChI is InChI=1S/C9H6O2.C5H11NO3S2.CH5N/c10-9-6-5-7-3-1-2-4-8(7)11-9;1-6-5(10)3-2-4-11(7,8)9;1-2/h1-6H;2-4H2,1H3,(H,6,10)(H,7,8,9);2H2,1H3. The van der Waals surface area contributed by atoms with Crippen LogP contribution in [0, 0.1) is 0 Å². The minimum atomic E-state index is -3.82. The van der Waals surface area contributed by atoms with Gasteiger partial charge in [-0.1, -0.05) is 30.4 Å². The van der Waals surface area contributed by atoms with E-state index in [-0.39, 0.29) is 11.4 Å². The van der Waals surface area contributed by atoms with Gasteiger partial charge in [0.2, 0.25) is 0 Å². The molecule has 24 heavy (non-hydrogen) atoms. The second-order valence-electron chi connectivity index (χ2n) is 4.36. The van der Waals surface area contributed by atoms with Gasteiger partial charge in [-0.25, -0.2) is 4.79 Å². The van der Waals surface area contributed by atoms with Gasteiger partial charge in [-0.05, 0) is 32.0 Å². The van der Waals surface area contributed by atoms with Gasteiger partial charge in [0.1, 0.15) is 5.58 Å². The van der Waals surface area contributed by atoms with E-state index in [1.807, 2.05) is 18.2 Å². The second-order valence-corrected chi connectivity index (χ2v) is 6.42. The molecular formula is C15H22N2O5S2. The largest absolute Gasteiger partial charge is 0.423 e. The molecule has 4 N–H and O–H groups in total. The lowest BCUT2D eigenvalue weighted by Crippen LogP contribution is -2.16. The molecule has 1 aromatic carbocycles. The fourth-order valence-electron chi connectivity index (χ4n) is 1.55. The van der Waals surface area contributed by atoms with E-state index < -0.39 is 10.1 Å². The van der Waals surface area contributed by atoms with Gasteiger partial charge in [0.05, 0.1) is 10.7 Å². The van der Waals surface area contributed by atoms with Crippen LogP contribution in [-0.4, -0.2) is 37.8 Å². The van der Waals surface area contributed by atoms with Crippen LogP contribution in [0.15, 0.2) is 45.6 Å². The predicted octanol–water partition coefficient (Wildman–Crippen LogP) is 1.57. The molecule has 0 aliphatic heterocycles. The zero-order chi connectivity index (χ0) is 18.6. The molecule has 0 saturated heterocycles. The van der Waals surface area contributed by atoms with E-state index in [9.17, 15) is 13.2 Å². The third-order valence-corrected chi connectivity index (χ3v) is 3.83. The molecule has 0 radical (unpaired) electrons. The van der Waals surface area contributed by atoms with Gasteiger partial charge in [0.25, 0.3) is 10.1 Å². The highest BCUT2D eigenvalue weighted by molar-refractivity contribution is 7.85. The Balaban J connectivity index is 0.000000400. The average Bonchev–Trinajstić information content (AvgIpc) is 2.56. The summed E-state index contributed by atoms with van der Waals surface area (Å²) >= 11 is 4.76. The van der Waals surface area contributed by atoms with Crippen LogP contribution in [0.1, 0.15) is 12.8 Å². The summed E-state index contributed by atoms with van der Waals surface area (Å²) in [6, 6.07) is 10.6. The van der Waals surface area contributed by atoms with Gasteiger partial charge in [-0.15, -0.1) is 0 Å². The van der Waals surface area contributed by atoms with Crippen LogP contribution < -0.4 is 16.7 Å². The highest BCUT2D eigenvalue weighted by Crippen LogP contribution is 2.08. The highest BCUT2D eigenvalue weighted by atomic mass is 32.2. The maximum absolute atomic E-state index is 10.7. The van der Waals surface area contributed by atoms with Crippen molar-refractivity contribution in [3.05, 3.63) is 46.8 Å². The first-order chi connectivity index (χ1) is 11.3. The topological polar surface area (TPSA) is 123 Å². The Hall–Kier alpha value is -1.81. The number of benzene rings is 1. The molecule has 0 spiro atoms. The third-order valence-electron chi connectivity index (χ3n) is 2.61. The summed E-state index contributed by atoms with van der Waals surface area (Å²) in [5.41, 5.74) is 4.84. The Kier molecular flexibility index (Phi) is 10.8. The minimum absolute atomic E-state index is 0.227. The third kappa shape index (κ3) is 10.1. The molecule has 9 heteroatoms. The average molecular weight is 374 g/mol. The van der Waals surface area contributed by atoms with E-state index in [1.54, 1.807) is 19.2 Å². The molecule has 0 saturated carbocycles. The van der Waals surface area contributed by atoms with Gasteiger partial charge in [0, 0.05) is 18.5 Å². The Morgan fingerprint density at radius 2 is 1.88 bits per heavy atom. The second kappa shape index (κ2) is 11.7. The maximum Gasteiger partial charge on any atom is 0.336 e. The highest BCUT2D eigenvalue weighted by Gasteiger charge is 2.03. The fraction of sp³-hybridized carbons (Fsp3) is 0.333. The first-order valence-corrected chi connectivity index (χ1v) is 9.06. The number of nitrogens with one attached hydrogen (secondary N) is 1. The van der Waals surface area contributed by atoms with E-state index >= 15 is 0 Å².